The average Bonchev–Trinajstić information content (AvgIpc) is 2.31. The van der Waals surface area contributed by atoms with Crippen molar-refractivity contribution in [3.05, 3.63) is 16.6 Å². The molecule has 1 aromatic rings. The van der Waals surface area contributed by atoms with E-state index in [9.17, 15) is 4.79 Å². The summed E-state index contributed by atoms with van der Waals surface area (Å²) in [6.07, 6.45) is 2.02. The highest BCUT2D eigenvalue weighted by atomic mass is 35.5. The third-order valence-electron chi connectivity index (χ3n) is 2.56. The highest BCUT2D eigenvalue weighted by Gasteiger charge is 2.21. The lowest BCUT2D eigenvalue weighted by atomic mass is 9.99. The van der Waals surface area contributed by atoms with Crippen molar-refractivity contribution in [1.29, 1.82) is 0 Å². The van der Waals surface area contributed by atoms with Crippen molar-refractivity contribution < 1.29 is 4.79 Å². The summed E-state index contributed by atoms with van der Waals surface area (Å²) >= 11 is 11.6. The van der Waals surface area contributed by atoms with Gasteiger partial charge in [0.1, 0.15) is 12.0 Å². The molecule has 2 unspecified atom stereocenters. The van der Waals surface area contributed by atoms with E-state index in [4.69, 9.17) is 28.9 Å². The molecule has 94 valence electrons. The number of hydrogen-bond donors (Lipinski definition) is 2. The number of halogens is 2. The summed E-state index contributed by atoms with van der Waals surface area (Å²) in [7, 11) is 0. The summed E-state index contributed by atoms with van der Waals surface area (Å²) in [5, 5.41) is 2.73. The summed E-state index contributed by atoms with van der Waals surface area (Å²) < 4.78 is 0. The van der Waals surface area contributed by atoms with E-state index in [-0.39, 0.29) is 27.8 Å². The molecule has 0 spiro atoms. The van der Waals surface area contributed by atoms with E-state index in [1.807, 2.05) is 13.8 Å². The van der Waals surface area contributed by atoms with Gasteiger partial charge in [0, 0.05) is 0 Å². The Kier molecular flexibility index (Phi) is 5.11. The van der Waals surface area contributed by atoms with Gasteiger partial charge in [-0.25, -0.2) is 9.97 Å². The van der Waals surface area contributed by atoms with Gasteiger partial charge in [-0.05, 0) is 5.92 Å². The third-order valence-corrected chi connectivity index (χ3v) is 3.14. The van der Waals surface area contributed by atoms with E-state index in [1.165, 1.54) is 6.33 Å². The van der Waals surface area contributed by atoms with Crippen LogP contribution in [0, 0.1) is 5.92 Å². The zero-order valence-electron chi connectivity index (χ0n) is 9.58. The zero-order valence-corrected chi connectivity index (χ0v) is 11.1. The van der Waals surface area contributed by atoms with Crippen molar-refractivity contribution in [1.82, 2.24) is 9.97 Å². The molecule has 0 aliphatic carbocycles. The molecule has 1 heterocycles. The number of carbonyl (C=O) groups excluding carboxylic acids is 1. The van der Waals surface area contributed by atoms with Crippen LogP contribution in [0.25, 0.3) is 0 Å². The molecule has 0 bridgehead atoms. The first-order valence-corrected chi connectivity index (χ1v) is 5.95. The minimum Gasteiger partial charge on any atom is -0.320 e. The fourth-order valence-corrected chi connectivity index (χ4v) is 1.58. The molecule has 0 saturated carbocycles. The van der Waals surface area contributed by atoms with Crippen LogP contribution in [0.1, 0.15) is 20.3 Å². The van der Waals surface area contributed by atoms with Crippen LogP contribution in [-0.2, 0) is 4.79 Å². The van der Waals surface area contributed by atoms with Crippen molar-refractivity contribution in [3.8, 4) is 0 Å². The largest absolute Gasteiger partial charge is 0.320 e. The van der Waals surface area contributed by atoms with Crippen LogP contribution < -0.4 is 11.1 Å². The number of nitrogens with one attached hydrogen (secondary N) is 1. The van der Waals surface area contributed by atoms with E-state index >= 15 is 0 Å². The van der Waals surface area contributed by atoms with Gasteiger partial charge in [0.05, 0.1) is 6.04 Å². The normalized spacial score (nSPS) is 14.2. The second kappa shape index (κ2) is 6.14. The number of nitrogens with zero attached hydrogens (tertiary/aromatic N) is 2. The molecule has 3 N–H and O–H groups in total. The Bertz CT molecular complexity index is 393. The first-order chi connectivity index (χ1) is 7.97. The zero-order chi connectivity index (χ0) is 13.0. The molecule has 1 rings (SSSR count). The SMILES string of the molecule is CCC(C)C(N)C(=O)Nc1c(Cl)ncnc1Cl. The standard InChI is InChI=1S/C10H14Cl2N4O/c1-3-5(2)6(13)10(17)16-7-8(11)14-4-15-9(7)12/h4-6H,3,13H2,1-2H3,(H,16,17). The van der Waals surface area contributed by atoms with Gasteiger partial charge in [0.25, 0.3) is 0 Å². The summed E-state index contributed by atoms with van der Waals surface area (Å²) in [5.74, 6) is -0.282. The summed E-state index contributed by atoms with van der Waals surface area (Å²) in [6, 6.07) is -0.618. The second-order valence-electron chi connectivity index (χ2n) is 3.73. The van der Waals surface area contributed by atoms with Gasteiger partial charge in [-0.2, -0.15) is 0 Å². The molecule has 2 atom stereocenters. The second-order valence-corrected chi connectivity index (χ2v) is 4.45. The molecule has 0 aliphatic rings. The molecule has 17 heavy (non-hydrogen) atoms. The number of amides is 1. The average molecular weight is 277 g/mol. The Balaban J connectivity index is 2.81. The third kappa shape index (κ3) is 3.52. The van der Waals surface area contributed by atoms with Crippen LogP contribution >= 0.6 is 23.2 Å². The van der Waals surface area contributed by atoms with E-state index in [0.29, 0.717) is 0 Å². The number of hydrogen-bond acceptors (Lipinski definition) is 4. The number of aromatic nitrogens is 2. The molecule has 1 amide bonds. The van der Waals surface area contributed by atoms with E-state index in [1.54, 1.807) is 0 Å². The number of nitrogens with two attached hydrogens (primary N) is 1. The number of anilines is 1. The molecular weight excluding hydrogens is 263 g/mol. The maximum Gasteiger partial charge on any atom is 0.241 e. The van der Waals surface area contributed by atoms with E-state index < -0.39 is 6.04 Å². The summed E-state index contributed by atoms with van der Waals surface area (Å²) in [4.78, 5) is 19.3. The van der Waals surface area contributed by atoms with Gasteiger partial charge in [-0.15, -0.1) is 0 Å². The summed E-state index contributed by atoms with van der Waals surface area (Å²) in [5.41, 5.74) is 5.97. The monoisotopic (exact) mass is 276 g/mol. The Hall–Kier alpha value is -0.910. The molecule has 5 nitrogen and oxygen atoms in total. The van der Waals surface area contributed by atoms with Crippen molar-refractivity contribution in [2.75, 3.05) is 5.32 Å². The first kappa shape index (κ1) is 14.2. The lowest BCUT2D eigenvalue weighted by molar-refractivity contribution is -0.118. The Labute approximate surface area is 110 Å². The van der Waals surface area contributed by atoms with Gasteiger partial charge in [0.15, 0.2) is 10.3 Å². The van der Waals surface area contributed by atoms with Crippen LogP contribution in [0.5, 0.6) is 0 Å². The number of rotatable bonds is 4. The first-order valence-electron chi connectivity index (χ1n) is 5.19. The van der Waals surface area contributed by atoms with Gasteiger partial charge < -0.3 is 11.1 Å². The Morgan fingerprint density at radius 2 is 2.00 bits per heavy atom. The molecule has 7 heteroatoms. The van der Waals surface area contributed by atoms with Crippen molar-refractivity contribution in [2.24, 2.45) is 11.7 Å². The predicted octanol–water partition coefficient (Wildman–Crippen LogP) is 2.10. The van der Waals surface area contributed by atoms with E-state index in [2.05, 4.69) is 15.3 Å². The fraction of sp³-hybridized carbons (Fsp3) is 0.500. The van der Waals surface area contributed by atoms with Crippen molar-refractivity contribution >= 4 is 34.8 Å². The molecular formula is C10H14Cl2N4O. The minimum absolute atomic E-state index is 0.0668. The quantitative estimate of drug-likeness (QED) is 0.826. The molecule has 0 saturated heterocycles. The maximum atomic E-state index is 11.8. The molecule has 1 aromatic heterocycles. The predicted molar refractivity (Wildman–Crippen MR) is 68.1 cm³/mol. The Morgan fingerprint density at radius 3 is 2.47 bits per heavy atom. The molecule has 0 aromatic carbocycles. The highest BCUT2D eigenvalue weighted by Crippen LogP contribution is 2.26. The van der Waals surface area contributed by atoms with Gasteiger partial charge >= 0.3 is 0 Å². The molecule has 0 fully saturated rings. The Morgan fingerprint density at radius 1 is 1.47 bits per heavy atom. The molecule has 0 aliphatic heterocycles. The maximum absolute atomic E-state index is 11.8. The van der Waals surface area contributed by atoms with Gasteiger partial charge in [-0.3, -0.25) is 4.79 Å². The van der Waals surface area contributed by atoms with Crippen molar-refractivity contribution in [2.45, 2.75) is 26.3 Å². The van der Waals surface area contributed by atoms with Gasteiger partial charge in [-0.1, -0.05) is 43.5 Å². The lowest BCUT2D eigenvalue weighted by Crippen LogP contribution is -2.40. The van der Waals surface area contributed by atoms with Crippen LogP contribution in [0.3, 0.4) is 0 Å². The highest BCUT2D eigenvalue weighted by molar-refractivity contribution is 6.38. The lowest BCUT2D eigenvalue weighted by Gasteiger charge is -2.18. The van der Waals surface area contributed by atoms with Crippen LogP contribution in [0.2, 0.25) is 10.3 Å². The van der Waals surface area contributed by atoms with Crippen LogP contribution in [-0.4, -0.2) is 21.9 Å². The minimum atomic E-state index is -0.618. The smallest absolute Gasteiger partial charge is 0.241 e. The van der Waals surface area contributed by atoms with Crippen LogP contribution in [0.4, 0.5) is 5.69 Å². The molecule has 0 radical (unpaired) electrons. The van der Waals surface area contributed by atoms with Crippen LogP contribution in [0.15, 0.2) is 6.33 Å². The van der Waals surface area contributed by atoms with Gasteiger partial charge in [0.2, 0.25) is 5.91 Å². The fourth-order valence-electron chi connectivity index (χ4n) is 1.17. The van der Waals surface area contributed by atoms with Crippen molar-refractivity contribution in [3.63, 3.8) is 0 Å². The van der Waals surface area contributed by atoms with E-state index in [0.717, 1.165) is 6.42 Å². The summed E-state index contributed by atoms with van der Waals surface area (Å²) in [6.45, 7) is 3.86. The number of carbonyl (C=O) groups is 1. The topological polar surface area (TPSA) is 80.9 Å².